The lowest BCUT2D eigenvalue weighted by Gasteiger charge is -2.06. The van der Waals surface area contributed by atoms with Gasteiger partial charge in [0.15, 0.2) is 0 Å². The van der Waals surface area contributed by atoms with Gasteiger partial charge in [-0.2, -0.15) is 4.98 Å². The standard InChI is InChI=1S/C12H12N4O3/c1-2-11-14-10(13)7-12(15-11)19-9-5-3-8(4-6-9)16(17)18/h3-7H,2H2,1H3,(H2,13,14,15). The Morgan fingerprint density at radius 1 is 1.32 bits per heavy atom. The van der Waals surface area contributed by atoms with Crippen molar-refractivity contribution in [3.05, 3.63) is 46.3 Å². The van der Waals surface area contributed by atoms with Crippen LogP contribution in [0.3, 0.4) is 0 Å². The average molecular weight is 260 g/mol. The van der Waals surface area contributed by atoms with E-state index in [2.05, 4.69) is 9.97 Å². The zero-order valence-electron chi connectivity index (χ0n) is 10.2. The fraction of sp³-hybridized carbons (Fsp3) is 0.167. The highest BCUT2D eigenvalue weighted by molar-refractivity contribution is 5.39. The number of non-ortho nitro benzene ring substituents is 1. The Balaban J connectivity index is 2.21. The molecule has 2 aromatic rings. The van der Waals surface area contributed by atoms with Gasteiger partial charge in [-0.3, -0.25) is 10.1 Å². The van der Waals surface area contributed by atoms with Crippen LogP contribution < -0.4 is 10.5 Å². The molecule has 0 unspecified atom stereocenters. The topological polar surface area (TPSA) is 104 Å². The molecule has 0 spiro atoms. The smallest absolute Gasteiger partial charge is 0.269 e. The summed E-state index contributed by atoms with van der Waals surface area (Å²) in [5, 5.41) is 10.5. The van der Waals surface area contributed by atoms with Crippen molar-refractivity contribution in [2.45, 2.75) is 13.3 Å². The summed E-state index contributed by atoms with van der Waals surface area (Å²) in [7, 11) is 0. The molecule has 1 aromatic heterocycles. The first-order valence-corrected chi connectivity index (χ1v) is 5.64. The van der Waals surface area contributed by atoms with Crippen LogP contribution >= 0.6 is 0 Å². The summed E-state index contributed by atoms with van der Waals surface area (Å²) >= 11 is 0. The van der Waals surface area contributed by atoms with Crippen LogP contribution in [-0.4, -0.2) is 14.9 Å². The number of nitro groups is 1. The summed E-state index contributed by atoms with van der Waals surface area (Å²) in [5.41, 5.74) is 5.64. The summed E-state index contributed by atoms with van der Waals surface area (Å²) in [5.74, 6) is 1.67. The second-order valence-electron chi connectivity index (χ2n) is 3.75. The number of aryl methyl sites for hydroxylation is 1. The van der Waals surface area contributed by atoms with Crippen molar-refractivity contribution < 1.29 is 9.66 Å². The van der Waals surface area contributed by atoms with Crippen molar-refractivity contribution >= 4 is 11.5 Å². The van der Waals surface area contributed by atoms with Crippen LogP contribution in [0.25, 0.3) is 0 Å². The lowest BCUT2D eigenvalue weighted by molar-refractivity contribution is -0.384. The number of hydrogen-bond acceptors (Lipinski definition) is 6. The molecule has 98 valence electrons. The van der Waals surface area contributed by atoms with Crippen molar-refractivity contribution in [2.24, 2.45) is 0 Å². The molecule has 0 radical (unpaired) electrons. The molecule has 0 atom stereocenters. The maximum absolute atomic E-state index is 10.5. The monoisotopic (exact) mass is 260 g/mol. The first-order chi connectivity index (χ1) is 9.08. The average Bonchev–Trinajstić information content (AvgIpc) is 2.38. The van der Waals surface area contributed by atoms with Gasteiger partial charge in [-0.15, -0.1) is 0 Å². The minimum Gasteiger partial charge on any atom is -0.439 e. The summed E-state index contributed by atoms with van der Waals surface area (Å²) < 4.78 is 5.48. The van der Waals surface area contributed by atoms with E-state index in [1.165, 1.54) is 30.3 Å². The van der Waals surface area contributed by atoms with Gasteiger partial charge in [-0.1, -0.05) is 6.92 Å². The molecule has 0 aliphatic carbocycles. The Morgan fingerprint density at radius 3 is 2.58 bits per heavy atom. The number of nitrogens with zero attached hydrogens (tertiary/aromatic N) is 3. The summed E-state index contributed by atoms with van der Waals surface area (Å²) in [6.45, 7) is 1.91. The van der Waals surface area contributed by atoms with Gasteiger partial charge in [0.2, 0.25) is 5.88 Å². The Morgan fingerprint density at radius 2 is 2.00 bits per heavy atom. The van der Waals surface area contributed by atoms with E-state index in [0.717, 1.165) is 0 Å². The zero-order valence-corrected chi connectivity index (χ0v) is 10.2. The lowest BCUT2D eigenvalue weighted by Crippen LogP contribution is -2.00. The molecular weight excluding hydrogens is 248 g/mol. The van der Waals surface area contributed by atoms with E-state index < -0.39 is 4.92 Å². The van der Waals surface area contributed by atoms with Crippen LogP contribution in [0.4, 0.5) is 11.5 Å². The van der Waals surface area contributed by atoms with Gasteiger partial charge in [0.05, 0.1) is 4.92 Å². The van der Waals surface area contributed by atoms with Gasteiger partial charge in [-0.05, 0) is 12.1 Å². The normalized spacial score (nSPS) is 10.2. The Kier molecular flexibility index (Phi) is 3.56. The quantitative estimate of drug-likeness (QED) is 0.668. The molecule has 0 aliphatic rings. The molecule has 1 aromatic carbocycles. The number of benzene rings is 1. The molecule has 19 heavy (non-hydrogen) atoms. The molecule has 0 aliphatic heterocycles. The van der Waals surface area contributed by atoms with Crippen LogP contribution in [0.5, 0.6) is 11.6 Å². The van der Waals surface area contributed by atoms with Crippen molar-refractivity contribution in [1.29, 1.82) is 0 Å². The molecule has 7 nitrogen and oxygen atoms in total. The highest BCUT2D eigenvalue weighted by Crippen LogP contribution is 2.23. The molecule has 0 saturated carbocycles. The van der Waals surface area contributed by atoms with E-state index in [1.807, 2.05) is 6.92 Å². The number of rotatable bonds is 4. The largest absolute Gasteiger partial charge is 0.439 e. The van der Waals surface area contributed by atoms with E-state index in [1.54, 1.807) is 0 Å². The molecule has 2 rings (SSSR count). The molecule has 0 saturated heterocycles. The Labute approximate surface area is 109 Å². The second kappa shape index (κ2) is 5.30. The number of aromatic nitrogens is 2. The molecular formula is C12H12N4O3. The SMILES string of the molecule is CCc1nc(N)cc(Oc2ccc([N+](=O)[O-])cc2)n1. The molecule has 0 bridgehead atoms. The molecule has 1 heterocycles. The van der Waals surface area contributed by atoms with E-state index in [9.17, 15) is 10.1 Å². The first-order valence-electron chi connectivity index (χ1n) is 5.64. The number of hydrogen-bond donors (Lipinski definition) is 1. The third-order valence-corrected chi connectivity index (χ3v) is 2.35. The van der Waals surface area contributed by atoms with Crippen LogP contribution in [0.1, 0.15) is 12.7 Å². The number of anilines is 1. The summed E-state index contributed by atoms with van der Waals surface area (Å²) in [6.07, 6.45) is 0.641. The minimum absolute atomic E-state index is 0.00352. The Bertz CT molecular complexity index is 598. The zero-order chi connectivity index (χ0) is 13.8. The fourth-order valence-corrected chi connectivity index (χ4v) is 1.46. The van der Waals surface area contributed by atoms with E-state index in [4.69, 9.17) is 10.5 Å². The maximum atomic E-state index is 10.5. The van der Waals surface area contributed by atoms with Crippen LogP contribution in [0.2, 0.25) is 0 Å². The molecule has 2 N–H and O–H groups in total. The number of nitrogen functional groups attached to an aromatic ring is 1. The van der Waals surface area contributed by atoms with Crippen molar-refractivity contribution in [3.8, 4) is 11.6 Å². The molecule has 7 heteroatoms. The van der Waals surface area contributed by atoms with Gasteiger partial charge < -0.3 is 10.5 Å². The third-order valence-electron chi connectivity index (χ3n) is 2.35. The number of nitro benzene ring substituents is 1. The van der Waals surface area contributed by atoms with Gasteiger partial charge in [0.1, 0.15) is 17.4 Å². The van der Waals surface area contributed by atoms with Crippen LogP contribution in [-0.2, 0) is 6.42 Å². The number of nitrogens with two attached hydrogens (primary N) is 1. The predicted octanol–water partition coefficient (Wildman–Crippen LogP) is 2.32. The maximum Gasteiger partial charge on any atom is 0.269 e. The fourth-order valence-electron chi connectivity index (χ4n) is 1.46. The van der Waals surface area contributed by atoms with Crippen molar-refractivity contribution in [3.63, 3.8) is 0 Å². The lowest BCUT2D eigenvalue weighted by atomic mass is 10.3. The highest BCUT2D eigenvalue weighted by atomic mass is 16.6. The number of ether oxygens (including phenoxy) is 1. The molecule has 0 amide bonds. The Hall–Kier alpha value is -2.70. The predicted molar refractivity (Wildman–Crippen MR) is 69.0 cm³/mol. The van der Waals surface area contributed by atoms with E-state index in [-0.39, 0.29) is 5.69 Å². The van der Waals surface area contributed by atoms with Gasteiger partial charge in [-0.25, -0.2) is 4.98 Å². The second-order valence-corrected chi connectivity index (χ2v) is 3.75. The van der Waals surface area contributed by atoms with Crippen molar-refractivity contribution in [2.75, 3.05) is 5.73 Å². The van der Waals surface area contributed by atoms with Crippen molar-refractivity contribution in [1.82, 2.24) is 9.97 Å². The van der Waals surface area contributed by atoms with E-state index in [0.29, 0.717) is 29.7 Å². The highest BCUT2D eigenvalue weighted by Gasteiger charge is 2.07. The molecule has 0 fully saturated rings. The summed E-state index contributed by atoms with van der Waals surface area (Å²) in [6, 6.07) is 7.23. The first kappa shape index (κ1) is 12.7. The van der Waals surface area contributed by atoms with Crippen LogP contribution in [0, 0.1) is 10.1 Å². The third kappa shape index (κ3) is 3.15. The minimum atomic E-state index is -0.471. The van der Waals surface area contributed by atoms with Gasteiger partial charge in [0, 0.05) is 24.6 Å². The van der Waals surface area contributed by atoms with Gasteiger partial charge >= 0.3 is 0 Å². The van der Waals surface area contributed by atoms with Crippen LogP contribution in [0.15, 0.2) is 30.3 Å². The summed E-state index contributed by atoms with van der Waals surface area (Å²) in [4.78, 5) is 18.2. The van der Waals surface area contributed by atoms with Gasteiger partial charge in [0.25, 0.3) is 5.69 Å². The van der Waals surface area contributed by atoms with E-state index >= 15 is 0 Å².